The molecule has 0 atom stereocenters. The Bertz CT molecular complexity index is 537. The molecule has 0 saturated carbocycles. The molecule has 6 nitrogen and oxygen atoms in total. The molecule has 2 aromatic rings. The van der Waals surface area contributed by atoms with Crippen LogP contribution in [0.25, 0.3) is 0 Å². The second-order valence-electron chi connectivity index (χ2n) is 3.63. The topological polar surface area (TPSA) is 93.0 Å². The molecule has 94 valence electrons. The van der Waals surface area contributed by atoms with Gasteiger partial charge in [0.05, 0.1) is 24.2 Å². The van der Waals surface area contributed by atoms with Crippen LogP contribution in [0.2, 0.25) is 0 Å². The summed E-state index contributed by atoms with van der Waals surface area (Å²) in [5.41, 5.74) is 7.31. The van der Waals surface area contributed by atoms with Crippen LogP contribution in [0.1, 0.15) is 17.3 Å². The molecular weight excluding hydrogens is 232 g/mol. The van der Waals surface area contributed by atoms with E-state index in [1.807, 2.05) is 6.92 Å². The van der Waals surface area contributed by atoms with Crippen molar-refractivity contribution < 1.29 is 9.53 Å². The van der Waals surface area contributed by atoms with E-state index in [1.165, 1.54) is 6.20 Å². The van der Waals surface area contributed by atoms with Crippen molar-refractivity contribution in [3.63, 3.8) is 0 Å². The molecular formula is C12H14N4O2. The van der Waals surface area contributed by atoms with Gasteiger partial charge in [-0.25, -0.2) is 0 Å². The Balaban J connectivity index is 2.13. The number of nitrogens with zero attached hydrogens (tertiary/aromatic N) is 1. The van der Waals surface area contributed by atoms with Crippen molar-refractivity contribution in [3.05, 3.63) is 36.2 Å². The number of hydrogen-bond donors (Lipinski definition) is 3. The van der Waals surface area contributed by atoms with Crippen LogP contribution in [-0.2, 0) is 0 Å². The summed E-state index contributed by atoms with van der Waals surface area (Å²) in [5, 5.41) is 9.04. The molecule has 4 N–H and O–H groups in total. The van der Waals surface area contributed by atoms with Gasteiger partial charge >= 0.3 is 0 Å². The number of carbonyl (C=O) groups excluding carboxylic acids is 1. The lowest BCUT2D eigenvalue weighted by Gasteiger charge is -2.08. The molecule has 1 aromatic heterocycles. The van der Waals surface area contributed by atoms with Gasteiger partial charge in [-0.05, 0) is 25.1 Å². The summed E-state index contributed by atoms with van der Waals surface area (Å²) in [6, 6.07) is 4.93. The molecule has 1 amide bonds. The van der Waals surface area contributed by atoms with E-state index in [1.54, 1.807) is 24.4 Å². The molecule has 1 heterocycles. The van der Waals surface area contributed by atoms with Gasteiger partial charge < -0.3 is 15.8 Å². The fourth-order valence-corrected chi connectivity index (χ4v) is 1.50. The lowest BCUT2D eigenvalue weighted by Crippen LogP contribution is -2.12. The third-order valence-corrected chi connectivity index (χ3v) is 2.33. The Morgan fingerprint density at radius 2 is 2.39 bits per heavy atom. The van der Waals surface area contributed by atoms with E-state index >= 15 is 0 Å². The summed E-state index contributed by atoms with van der Waals surface area (Å²) in [5.74, 6) is 0.337. The van der Waals surface area contributed by atoms with Gasteiger partial charge in [0.2, 0.25) is 0 Å². The van der Waals surface area contributed by atoms with Crippen LogP contribution < -0.4 is 15.8 Å². The number of ether oxygens (including phenoxy) is 1. The zero-order valence-electron chi connectivity index (χ0n) is 9.93. The zero-order chi connectivity index (χ0) is 13.0. The largest absolute Gasteiger partial charge is 0.492 e. The quantitative estimate of drug-likeness (QED) is 0.715. The van der Waals surface area contributed by atoms with E-state index in [0.717, 1.165) is 0 Å². The summed E-state index contributed by atoms with van der Waals surface area (Å²) in [7, 11) is 0. The van der Waals surface area contributed by atoms with Crippen molar-refractivity contribution in [1.82, 2.24) is 10.2 Å². The van der Waals surface area contributed by atoms with E-state index in [9.17, 15) is 4.79 Å². The van der Waals surface area contributed by atoms with Gasteiger partial charge in [-0.3, -0.25) is 9.89 Å². The van der Waals surface area contributed by atoms with Gasteiger partial charge in [0.25, 0.3) is 5.91 Å². The molecule has 18 heavy (non-hydrogen) atoms. The highest BCUT2D eigenvalue weighted by Gasteiger charge is 2.09. The maximum absolute atomic E-state index is 11.9. The first-order chi connectivity index (χ1) is 8.70. The van der Waals surface area contributed by atoms with Gasteiger partial charge in [-0.1, -0.05) is 0 Å². The number of rotatable bonds is 4. The third kappa shape index (κ3) is 2.60. The number of benzene rings is 1. The van der Waals surface area contributed by atoms with Crippen LogP contribution >= 0.6 is 0 Å². The molecule has 0 radical (unpaired) electrons. The second-order valence-corrected chi connectivity index (χ2v) is 3.63. The number of hydrogen-bond acceptors (Lipinski definition) is 4. The number of carbonyl (C=O) groups is 1. The van der Waals surface area contributed by atoms with Gasteiger partial charge in [0.1, 0.15) is 5.75 Å². The van der Waals surface area contributed by atoms with E-state index in [2.05, 4.69) is 15.5 Å². The standard InChI is InChI=1S/C12H14N4O2/c1-2-18-11-4-3-8(5-10(11)13)12(17)16-9-6-14-15-7-9/h3-7H,2,13H2,1H3,(H,14,15)(H,16,17). The van der Waals surface area contributed by atoms with Crippen LogP contribution in [0.4, 0.5) is 11.4 Å². The first-order valence-corrected chi connectivity index (χ1v) is 5.53. The van der Waals surface area contributed by atoms with Gasteiger partial charge in [0, 0.05) is 11.8 Å². The highest BCUT2D eigenvalue weighted by molar-refractivity contribution is 6.04. The van der Waals surface area contributed by atoms with E-state index in [4.69, 9.17) is 10.5 Å². The van der Waals surface area contributed by atoms with Crippen LogP contribution in [0.5, 0.6) is 5.75 Å². The highest BCUT2D eigenvalue weighted by Crippen LogP contribution is 2.22. The predicted molar refractivity (Wildman–Crippen MR) is 68.6 cm³/mol. The maximum Gasteiger partial charge on any atom is 0.255 e. The van der Waals surface area contributed by atoms with Crippen LogP contribution in [0, 0.1) is 0 Å². The molecule has 6 heteroatoms. The second kappa shape index (κ2) is 5.22. The number of nitrogen functional groups attached to an aromatic ring is 1. The summed E-state index contributed by atoms with van der Waals surface area (Å²) in [4.78, 5) is 11.9. The Morgan fingerprint density at radius 3 is 3.00 bits per heavy atom. The zero-order valence-corrected chi connectivity index (χ0v) is 9.93. The smallest absolute Gasteiger partial charge is 0.255 e. The van der Waals surface area contributed by atoms with Crippen molar-refractivity contribution in [2.75, 3.05) is 17.7 Å². The van der Waals surface area contributed by atoms with Crippen LogP contribution in [-0.4, -0.2) is 22.7 Å². The fourth-order valence-electron chi connectivity index (χ4n) is 1.50. The van der Waals surface area contributed by atoms with Crippen LogP contribution in [0.15, 0.2) is 30.6 Å². The number of H-pyrrole nitrogens is 1. The Labute approximate surface area is 104 Å². The first kappa shape index (κ1) is 12.0. The number of amides is 1. The Hall–Kier alpha value is -2.50. The summed E-state index contributed by atoms with van der Waals surface area (Å²) in [6.45, 7) is 2.41. The van der Waals surface area contributed by atoms with Crippen molar-refractivity contribution >= 4 is 17.3 Å². The average Bonchev–Trinajstić information content (AvgIpc) is 2.84. The minimum absolute atomic E-state index is 0.244. The number of aromatic nitrogens is 2. The number of aromatic amines is 1. The van der Waals surface area contributed by atoms with Crippen molar-refractivity contribution in [2.45, 2.75) is 6.92 Å². The van der Waals surface area contributed by atoms with Crippen molar-refractivity contribution in [2.24, 2.45) is 0 Å². The van der Waals surface area contributed by atoms with Gasteiger partial charge in [0.15, 0.2) is 0 Å². The number of anilines is 2. The predicted octanol–water partition coefficient (Wildman–Crippen LogP) is 1.64. The van der Waals surface area contributed by atoms with Gasteiger partial charge in [-0.2, -0.15) is 5.10 Å². The molecule has 2 rings (SSSR count). The maximum atomic E-state index is 11.9. The van der Waals surface area contributed by atoms with Gasteiger partial charge in [-0.15, -0.1) is 0 Å². The van der Waals surface area contributed by atoms with Crippen molar-refractivity contribution in [1.29, 1.82) is 0 Å². The first-order valence-electron chi connectivity index (χ1n) is 5.53. The molecule has 0 aliphatic carbocycles. The van der Waals surface area contributed by atoms with E-state index < -0.39 is 0 Å². The monoisotopic (exact) mass is 246 g/mol. The summed E-state index contributed by atoms with van der Waals surface area (Å²) >= 11 is 0. The fraction of sp³-hybridized carbons (Fsp3) is 0.167. The highest BCUT2D eigenvalue weighted by atomic mass is 16.5. The Morgan fingerprint density at radius 1 is 1.56 bits per heavy atom. The van der Waals surface area contributed by atoms with Crippen LogP contribution in [0.3, 0.4) is 0 Å². The Kier molecular flexibility index (Phi) is 3.47. The SMILES string of the molecule is CCOc1ccc(C(=O)Nc2cn[nH]c2)cc1N. The average molecular weight is 246 g/mol. The summed E-state index contributed by atoms with van der Waals surface area (Å²) in [6.07, 6.45) is 3.12. The molecule has 0 unspecified atom stereocenters. The summed E-state index contributed by atoms with van der Waals surface area (Å²) < 4.78 is 5.31. The molecule has 0 fully saturated rings. The number of nitrogens with two attached hydrogens (primary N) is 1. The minimum atomic E-state index is -0.244. The molecule has 1 aromatic carbocycles. The lowest BCUT2D eigenvalue weighted by molar-refractivity contribution is 0.102. The lowest BCUT2D eigenvalue weighted by atomic mass is 10.1. The normalized spacial score (nSPS) is 10.1. The van der Waals surface area contributed by atoms with Crippen molar-refractivity contribution in [3.8, 4) is 5.75 Å². The molecule has 0 bridgehead atoms. The molecule has 0 aliphatic rings. The third-order valence-electron chi connectivity index (χ3n) is 2.33. The van der Waals surface area contributed by atoms with E-state index in [0.29, 0.717) is 29.3 Å². The minimum Gasteiger partial charge on any atom is -0.492 e. The molecule has 0 aliphatic heterocycles. The molecule has 0 spiro atoms. The van der Waals surface area contributed by atoms with E-state index in [-0.39, 0.29) is 5.91 Å². The number of nitrogens with one attached hydrogen (secondary N) is 2. The molecule has 0 saturated heterocycles.